The smallest absolute Gasteiger partial charge is 0.320 e. The third kappa shape index (κ3) is 2.54. The molecule has 0 radical (unpaired) electrons. The van der Waals surface area contributed by atoms with E-state index in [4.69, 9.17) is 0 Å². The molecule has 2 aliphatic carbocycles. The lowest BCUT2D eigenvalue weighted by Crippen LogP contribution is -2.48. The lowest BCUT2D eigenvalue weighted by Gasteiger charge is -2.40. The lowest BCUT2D eigenvalue weighted by molar-refractivity contribution is -0.143. The largest absolute Gasteiger partial charge is 0.480 e. The van der Waals surface area contributed by atoms with Crippen LogP contribution in [-0.2, 0) is 4.79 Å². The van der Waals surface area contributed by atoms with E-state index in [2.05, 4.69) is 11.8 Å². The van der Waals surface area contributed by atoms with Crippen LogP contribution in [0.5, 0.6) is 0 Å². The molecule has 0 aromatic rings. The van der Waals surface area contributed by atoms with Gasteiger partial charge in [0.25, 0.3) is 0 Å². The van der Waals surface area contributed by atoms with Crippen molar-refractivity contribution in [2.24, 2.45) is 11.8 Å². The van der Waals surface area contributed by atoms with Crippen LogP contribution in [-0.4, -0.2) is 34.1 Å². The van der Waals surface area contributed by atoms with E-state index in [0.717, 1.165) is 12.3 Å². The van der Waals surface area contributed by atoms with Gasteiger partial charge >= 0.3 is 5.97 Å². The number of fused-ring (bicyclic) bond motifs is 1. The fourth-order valence-corrected chi connectivity index (χ4v) is 4.69. The highest BCUT2D eigenvalue weighted by molar-refractivity contribution is 5.74. The average Bonchev–Trinajstić information content (AvgIpc) is 2.73. The molecule has 3 heteroatoms. The molecular weight excluding hydrogens is 238 g/mol. The summed E-state index contributed by atoms with van der Waals surface area (Å²) >= 11 is 0. The molecule has 2 saturated carbocycles. The molecule has 3 fully saturated rings. The van der Waals surface area contributed by atoms with Gasteiger partial charge in [0.15, 0.2) is 0 Å². The van der Waals surface area contributed by atoms with E-state index < -0.39 is 5.97 Å². The molecule has 4 unspecified atom stereocenters. The Morgan fingerprint density at radius 1 is 1.21 bits per heavy atom. The monoisotopic (exact) mass is 265 g/mol. The molecule has 4 atom stereocenters. The van der Waals surface area contributed by atoms with Crippen molar-refractivity contribution in [3.8, 4) is 0 Å². The van der Waals surface area contributed by atoms with E-state index in [1.54, 1.807) is 0 Å². The van der Waals surface area contributed by atoms with Crippen LogP contribution >= 0.6 is 0 Å². The fraction of sp³-hybridized carbons (Fsp3) is 0.938. The number of carboxylic acids is 1. The Hall–Kier alpha value is -0.570. The summed E-state index contributed by atoms with van der Waals surface area (Å²) in [5.41, 5.74) is 0. The first-order chi connectivity index (χ1) is 9.16. The molecular formula is C16H27NO2. The topological polar surface area (TPSA) is 40.5 Å². The van der Waals surface area contributed by atoms with Crippen molar-refractivity contribution >= 4 is 5.97 Å². The minimum absolute atomic E-state index is 0.205. The number of aliphatic carboxylic acids is 1. The average molecular weight is 265 g/mol. The van der Waals surface area contributed by atoms with Gasteiger partial charge in [-0.25, -0.2) is 0 Å². The minimum atomic E-state index is -0.588. The Morgan fingerprint density at radius 3 is 2.58 bits per heavy atom. The number of carboxylic acid groups (broad SMARTS) is 1. The molecule has 3 rings (SSSR count). The summed E-state index contributed by atoms with van der Waals surface area (Å²) in [6.07, 6.45) is 11.3. The Labute approximate surface area is 116 Å². The molecule has 0 amide bonds. The van der Waals surface area contributed by atoms with Crippen molar-refractivity contribution in [2.75, 3.05) is 0 Å². The summed E-state index contributed by atoms with van der Waals surface area (Å²) in [5.74, 6) is 0.931. The van der Waals surface area contributed by atoms with E-state index in [1.165, 1.54) is 51.4 Å². The van der Waals surface area contributed by atoms with Crippen LogP contribution in [0.2, 0.25) is 0 Å². The summed E-state index contributed by atoms with van der Waals surface area (Å²) in [4.78, 5) is 14.0. The molecule has 0 bridgehead atoms. The molecule has 0 spiro atoms. The predicted octanol–water partition coefficient (Wildman–Crippen LogP) is 3.28. The highest BCUT2D eigenvalue weighted by Crippen LogP contribution is 2.42. The zero-order valence-electron chi connectivity index (χ0n) is 12.1. The first-order valence-corrected chi connectivity index (χ1v) is 8.17. The second-order valence-corrected chi connectivity index (χ2v) is 7.03. The number of likely N-dealkylation sites (tertiary alicyclic amines) is 1. The van der Waals surface area contributed by atoms with Crippen LogP contribution in [0.4, 0.5) is 0 Å². The van der Waals surface area contributed by atoms with Gasteiger partial charge in [0, 0.05) is 12.1 Å². The van der Waals surface area contributed by atoms with Crippen molar-refractivity contribution in [1.82, 2.24) is 4.90 Å². The van der Waals surface area contributed by atoms with E-state index in [-0.39, 0.29) is 6.04 Å². The first kappa shape index (κ1) is 13.4. The molecule has 108 valence electrons. The molecule has 1 saturated heterocycles. The van der Waals surface area contributed by atoms with Crippen molar-refractivity contribution in [3.63, 3.8) is 0 Å². The normalized spacial score (nSPS) is 37.6. The summed E-state index contributed by atoms with van der Waals surface area (Å²) in [6, 6.07) is 0.813. The van der Waals surface area contributed by atoms with Crippen molar-refractivity contribution in [2.45, 2.75) is 82.8 Å². The van der Waals surface area contributed by atoms with Gasteiger partial charge in [-0.2, -0.15) is 0 Å². The number of carbonyl (C=O) groups is 1. The Balaban J connectivity index is 1.71. The SMILES string of the molecule is CC(CC1CCC1)N1C(C(=O)O)CC2CCCCC21. The molecule has 3 aliphatic rings. The third-order valence-corrected chi connectivity index (χ3v) is 5.83. The first-order valence-electron chi connectivity index (χ1n) is 8.17. The Kier molecular flexibility index (Phi) is 3.84. The van der Waals surface area contributed by atoms with Crippen LogP contribution in [0.25, 0.3) is 0 Å². The Morgan fingerprint density at radius 2 is 1.95 bits per heavy atom. The van der Waals surface area contributed by atoms with E-state index in [9.17, 15) is 9.90 Å². The van der Waals surface area contributed by atoms with Gasteiger partial charge < -0.3 is 5.11 Å². The molecule has 19 heavy (non-hydrogen) atoms. The second kappa shape index (κ2) is 5.43. The predicted molar refractivity (Wildman–Crippen MR) is 75.0 cm³/mol. The second-order valence-electron chi connectivity index (χ2n) is 7.03. The van der Waals surface area contributed by atoms with Crippen molar-refractivity contribution < 1.29 is 9.90 Å². The van der Waals surface area contributed by atoms with Gasteiger partial charge in [-0.3, -0.25) is 9.69 Å². The van der Waals surface area contributed by atoms with Gasteiger partial charge in [0.2, 0.25) is 0 Å². The summed E-state index contributed by atoms with van der Waals surface area (Å²) in [7, 11) is 0. The summed E-state index contributed by atoms with van der Waals surface area (Å²) < 4.78 is 0. The quantitative estimate of drug-likeness (QED) is 0.848. The molecule has 1 heterocycles. The minimum Gasteiger partial charge on any atom is -0.480 e. The zero-order chi connectivity index (χ0) is 13.4. The van der Waals surface area contributed by atoms with Gasteiger partial charge in [0.1, 0.15) is 6.04 Å². The number of nitrogens with zero attached hydrogens (tertiary/aromatic N) is 1. The highest BCUT2D eigenvalue weighted by atomic mass is 16.4. The summed E-state index contributed by atoms with van der Waals surface area (Å²) in [6.45, 7) is 2.27. The molecule has 1 N–H and O–H groups in total. The van der Waals surface area contributed by atoms with E-state index >= 15 is 0 Å². The molecule has 0 aromatic heterocycles. The van der Waals surface area contributed by atoms with Crippen molar-refractivity contribution in [1.29, 1.82) is 0 Å². The van der Waals surface area contributed by atoms with Crippen LogP contribution in [0.1, 0.15) is 64.7 Å². The molecule has 0 aromatic carbocycles. The maximum Gasteiger partial charge on any atom is 0.320 e. The van der Waals surface area contributed by atoms with Gasteiger partial charge in [-0.05, 0) is 44.4 Å². The standard InChI is InChI=1S/C16H27NO2/c1-11(9-12-5-4-6-12)17-14-8-3-2-7-13(14)10-15(17)16(18)19/h11-15H,2-10H2,1H3,(H,18,19). The maximum atomic E-state index is 11.6. The zero-order valence-corrected chi connectivity index (χ0v) is 12.1. The fourth-order valence-electron chi connectivity index (χ4n) is 4.69. The number of hydrogen-bond acceptors (Lipinski definition) is 2. The van der Waals surface area contributed by atoms with E-state index in [1.807, 2.05) is 0 Å². The highest BCUT2D eigenvalue weighted by Gasteiger charge is 2.47. The van der Waals surface area contributed by atoms with Crippen LogP contribution in [0, 0.1) is 11.8 Å². The third-order valence-electron chi connectivity index (χ3n) is 5.83. The van der Waals surface area contributed by atoms with Gasteiger partial charge in [-0.1, -0.05) is 32.1 Å². The Bertz CT molecular complexity index is 340. The van der Waals surface area contributed by atoms with Gasteiger partial charge in [-0.15, -0.1) is 0 Å². The lowest BCUT2D eigenvalue weighted by atomic mass is 9.80. The van der Waals surface area contributed by atoms with E-state index in [0.29, 0.717) is 18.0 Å². The molecule has 3 nitrogen and oxygen atoms in total. The van der Waals surface area contributed by atoms with Gasteiger partial charge in [0.05, 0.1) is 0 Å². The number of hydrogen-bond donors (Lipinski definition) is 1. The van der Waals surface area contributed by atoms with Crippen LogP contribution < -0.4 is 0 Å². The maximum absolute atomic E-state index is 11.6. The number of rotatable bonds is 4. The van der Waals surface area contributed by atoms with Crippen molar-refractivity contribution in [3.05, 3.63) is 0 Å². The van der Waals surface area contributed by atoms with Crippen LogP contribution in [0.3, 0.4) is 0 Å². The van der Waals surface area contributed by atoms with Crippen LogP contribution in [0.15, 0.2) is 0 Å². The molecule has 1 aliphatic heterocycles. The summed E-state index contributed by atoms with van der Waals surface area (Å²) in [5, 5.41) is 9.54.